The van der Waals surface area contributed by atoms with Gasteiger partial charge >= 0.3 is 0 Å². The summed E-state index contributed by atoms with van der Waals surface area (Å²) in [5.74, 6) is -0.321. The van der Waals surface area contributed by atoms with Crippen LogP contribution in [0.25, 0.3) is 0 Å². The number of morpholine rings is 1. The van der Waals surface area contributed by atoms with Crippen LogP contribution in [0.15, 0.2) is 53.4 Å². The zero-order valence-corrected chi connectivity index (χ0v) is 17.7. The van der Waals surface area contributed by atoms with E-state index in [1.54, 1.807) is 12.1 Å². The molecule has 0 unspecified atom stereocenters. The van der Waals surface area contributed by atoms with Gasteiger partial charge < -0.3 is 15.0 Å². The SMILES string of the molecule is O=C(Nc1ccccc1N1CCCCC1)c1cccc(S(=O)(=O)N2CCOCC2)c1. The lowest BCUT2D eigenvalue weighted by atomic mass is 10.1. The molecule has 2 aliphatic rings. The van der Waals surface area contributed by atoms with Gasteiger partial charge in [0.15, 0.2) is 0 Å². The van der Waals surface area contributed by atoms with E-state index in [2.05, 4.69) is 10.2 Å². The number of amides is 1. The van der Waals surface area contributed by atoms with Crippen molar-refractivity contribution in [3.63, 3.8) is 0 Å². The summed E-state index contributed by atoms with van der Waals surface area (Å²) in [6.45, 7) is 3.35. The number of ether oxygens (including phenoxy) is 1. The first-order valence-corrected chi connectivity index (χ1v) is 11.8. The summed E-state index contributed by atoms with van der Waals surface area (Å²) in [5.41, 5.74) is 2.06. The van der Waals surface area contributed by atoms with Gasteiger partial charge in [0.05, 0.1) is 29.5 Å². The summed E-state index contributed by atoms with van der Waals surface area (Å²) in [7, 11) is -3.65. The number of sulfonamides is 1. The van der Waals surface area contributed by atoms with E-state index < -0.39 is 10.0 Å². The Hall–Kier alpha value is -2.42. The molecule has 0 spiro atoms. The number of anilines is 2. The van der Waals surface area contributed by atoms with E-state index in [1.807, 2.05) is 24.3 Å². The molecule has 0 aliphatic carbocycles. The summed E-state index contributed by atoms with van der Waals surface area (Å²) in [5, 5.41) is 2.97. The molecule has 8 heteroatoms. The number of nitrogens with zero attached hydrogens (tertiary/aromatic N) is 2. The zero-order valence-electron chi connectivity index (χ0n) is 16.9. The predicted octanol–water partition coefficient (Wildman–Crippen LogP) is 2.95. The Labute approximate surface area is 177 Å². The number of carbonyl (C=O) groups is 1. The van der Waals surface area contributed by atoms with Gasteiger partial charge in [-0.3, -0.25) is 4.79 Å². The van der Waals surface area contributed by atoms with Gasteiger partial charge in [-0.25, -0.2) is 8.42 Å². The Morgan fingerprint density at radius 1 is 0.900 bits per heavy atom. The van der Waals surface area contributed by atoms with Crippen molar-refractivity contribution < 1.29 is 17.9 Å². The summed E-state index contributed by atoms with van der Waals surface area (Å²) >= 11 is 0. The highest BCUT2D eigenvalue weighted by Crippen LogP contribution is 2.29. The third-order valence-electron chi connectivity index (χ3n) is 5.55. The van der Waals surface area contributed by atoms with Gasteiger partial charge in [0, 0.05) is 31.7 Å². The number of rotatable bonds is 5. The standard InChI is InChI=1S/C22H27N3O4S/c26-22(23-20-9-2-3-10-21(20)24-11-4-1-5-12-24)18-7-6-8-19(17-18)30(27,28)25-13-15-29-16-14-25/h2-3,6-10,17H,1,4-5,11-16H2,(H,23,26). The summed E-state index contributed by atoms with van der Waals surface area (Å²) in [4.78, 5) is 15.4. The first-order chi connectivity index (χ1) is 14.6. The maximum absolute atomic E-state index is 12.9. The number of carbonyl (C=O) groups excluding carboxylic acids is 1. The molecule has 1 amide bonds. The molecule has 2 aliphatic heterocycles. The van der Waals surface area contributed by atoms with E-state index in [0.29, 0.717) is 31.9 Å². The third-order valence-corrected chi connectivity index (χ3v) is 7.45. The molecular formula is C22H27N3O4S. The fraction of sp³-hybridized carbons (Fsp3) is 0.409. The van der Waals surface area contributed by atoms with E-state index in [-0.39, 0.29) is 10.8 Å². The molecule has 160 valence electrons. The lowest BCUT2D eigenvalue weighted by Crippen LogP contribution is -2.40. The van der Waals surface area contributed by atoms with Crippen LogP contribution in [0.2, 0.25) is 0 Å². The van der Waals surface area contributed by atoms with Crippen LogP contribution in [0.5, 0.6) is 0 Å². The van der Waals surface area contributed by atoms with E-state index in [4.69, 9.17) is 4.74 Å². The maximum Gasteiger partial charge on any atom is 0.255 e. The van der Waals surface area contributed by atoms with Crippen molar-refractivity contribution in [1.29, 1.82) is 0 Å². The van der Waals surface area contributed by atoms with Crippen LogP contribution in [0.3, 0.4) is 0 Å². The molecule has 2 fully saturated rings. The average molecular weight is 430 g/mol. The van der Waals surface area contributed by atoms with Crippen LogP contribution in [0.4, 0.5) is 11.4 Å². The second-order valence-electron chi connectivity index (χ2n) is 7.56. The topological polar surface area (TPSA) is 79.0 Å². The van der Waals surface area contributed by atoms with Crippen molar-refractivity contribution in [2.24, 2.45) is 0 Å². The minimum absolute atomic E-state index is 0.126. The number of hydrogen-bond donors (Lipinski definition) is 1. The minimum atomic E-state index is -3.65. The Bertz CT molecular complexity index is 997. The summed E-state index contributed by atoms with van der Waals surface area (Å²) < 4.78 is 32.5. The third kappa shape index (κ3) is 4.50. The molecule has 0 radical (unpaired) electrons. The van der Waals surface area contributed by atoms with Crippen molar-refractivity contribution in [1.82, 2.24) is 4.31 Å². The number of nitrogens with one attached hydrogen (secondary N) is 1. The van der Waals surface area contributed by atoms with Gasteiger partial charge in [-0.05, 0) is 49.6 Å². The van der Waals surface area contributed by atoms with Crippen molar-refractivity contribution in [3.05, 3.63) is 54.1 Å². The lowest BCUT2D eigenvalue weighted by Gasteiger charge is -2.30. The highest BCUT2D eigenvalue weighted by atomic mass is 32.2. The molecule has 0 atom stereocenters. The van der Waals surface area contributed by atoms with Crippen molar-refractivity contribution in [2.45, 2.75) is 24.2 Å². The molecule has 7 nitrogen and oxygen atoms in total. The molecule has 2 saturated heterocycles. The normalized spacial score (nSPS) is 18.2. The van der Waals surface area contributed by atoms with Gasteiger partial charge in [0.1, 0.15) is 0 Å². The van der Waals surface area contributed by atoms with Gasteiger partial charge in [-0.15, -0.1) is 0 Å². The fourth-order valence-corrected chi connectivity index (χ4v) is 5.37. The Balaban J connectivity index is 1.54. The van der Waals surface area contributed by atoms with Gasteiger partial charge in [0.25, 0.3) is 5.91 Å². The van der Waals surface area contributed by atoms with Crippen LogP contribution >= 0.6 is 0 Å². The number of para-hydroxylation sites is 2. The first-order valence-electron chi connectivity index (χ1n) is 10.4. The van der Waals surface area contributed by atoms with Crippen LogP contribution in [-0.4, -0.2) is 58.0 Å². The molecule has 0 bridgehead atoms. The van der Waals surface area contributed by atoms with Crippen molar-refractivity contribution >= 4 is 27.3 Å². The quantitative estimate of drug-likeness (QED) is 0.791. The van der Waals surface area contributed by atoms with Gasteiger partial charge in [0.2, 0.25) is 10.0 Å². The molecule has 4 rings (SSSR count). The monoisotopic (exact) mass is 429 g/mol. The smallest absolute Gasteiger partial charge is 0.255 e. The molecule has 1 N–H and O–H groups in total. The first kappa shape index (κ1) is 20.8. The molecular weight excluding hydrogens is 402 g/mol. The maximum atomic E-state index is 12.9. The largest absolute Gasteiger partial charge is 0.379 e. The molecule has 30 heavy (non-hydrogen) atoms. The van der Waals surface area contributed by atoms with E-state index in [9.17, 15) is 13.2 Å². The number of benzene rings is 2. The molecule has 0 saturated carbocycles. The number of hydrogen-bond acceptors (Lipinski definition) is 5. The average Bonchev–Trinajstić information content (AvgIpc) is 2.80. The van der Waals surface area contributed by atoms with Gasteiger partial charge in [-0.1, -0.05) is 18.2 Å². The molecule has 2 heterocycles. The van der Waals surface area contributed by atoms with E-state index >= 15 is 0 Å². The highest BCUT2D eigenvalue weighted by molar-refractivity contribution is 7.89. The van der Waals surface area contributed by atoms with E-state index in [0.717, 1.165) is 37.3 Å². The molecule has 2 aromatic rings. The lowest BCUT2D eigenvalue weighted by molar-refractivity contribution is 0.0730. The zero-order chi connectivity index (χ0) is 21.0. The Morgan fingerprint density at radius 3 is 2.40 bits per heavy atom. The van der Waals surface area contributed by atoms with Crippen LogP contribution in [-0.2, 0) is 14.8 Å². The fourth-order valence-electron chi connectivity index (χ4n) is 3.92. The van der Waals surface area contributed by atoms with Crippen LogP contribution in [0.1, 0.15) is 29.6 Å². The van der Waals surface area contributed by atoms with Gasteiger partial charge in [-0.2, -0.15) is 4.31 Å². The van der Waals surface area contributed by atoms with Crippen LogP contribution < -0.4 is 10.2 Å². The Kier molecular flexibility index (Phi) is 6.36. The second-order valence-corrected chi connectivity index (χ2v) is 9.50. The predicted molar refractivity (Wildman–Crippen MR) is 116 cm³/mol. The summed E-state index contributed by atoms with van der Waals surface area (Å²) in [6.07, 6.45) is 3.52. The van der Waals surface area contributed by atoms with E-state index in [1.165, 1.54) is 22.9 Å². The van der Waals surface area contributed by atoms with Crippen molar-refractivity contribution in [3.8, 4) is 0 Å². The highest BCUT2D eigenvalue weighted by Gasteiger charge is 2.27. The number of piperidine rings is 1. The Morgan fingerprint density at radius 2 is 1.63 bits per heavy atom. The molecule has 0 aromatic heterocycles. The van der Waals surface area contributed by atoms with Crippen molar-refractivity contribution in [2.75, 3.05) is 49.6 Å². The van der Waals surface area contributed by atoms with Crippen LogP contribution in [0, 0.1) is 0 Å². The summed E-state index contributed by atoms with van der Waals surface area (Å²) in [6, 6.07) is 14.0. The minimum Gasteiger partial charge on any atom is -0.379 e. The molecule has 2 aromatic carbocycles. The second kappa shape index (κ2) is 9.16.